The van der Waals surface area contributed by atoms with Crippen molar-refractivity contribution >= 4 is 12.2 Å². The molecule has 0 bridgehead atoms. The van der Waals surface area contributed by atoms with Crippen molar-refractivity contribution < 1.29 is 13.9 Å². The monoisotopic (exact) mass is 392 g/mol. The number of benzene rings is 2. The summed E-state index contributed by atoms with van der Waals surface area (Å²) in [6.07, 6.45) is 3.79. The third-order valence-electron chi connectivity index (χ3n) is 4.43. The molecule has 152 valence electrons. The van der Waals surface area contributed by atoms with Gasteiger partial charge in [-0.2, -0.15) is 0 Å². The lowest BCUT2D eigenvalue weighted by atomic mass is 9.87. The first-order chi connectivity index (χ1) is 13.9. The van der Waals surface area contributed by atoms with Crippen LogP contribution in [0.25, 0.3) is 23.6 Å². The van der Waals surface area contributed by atoms with Crippen molar-refractivity contribution in [2.45, 2.75) is 40.0 Å². The number of nitrogens with zero attached hydrogens (tertiary/aromatic N) is 2. The predicted octanol–water partition coefficient (Wildman–Crippen LogP) is 6.00. The molecule has 3 rings (SSSR count). The highest BCUT2D eigenvalue weighted by atomic mass is 16.5. The van der Waals surface area contributed by atoms with Gasteiger partial charge in [0.15, 0.2) is 11.5 Å². The lowest BCUT2D eigenvalue weighted by molar-refractivity contribution is 0.288. The van der Waals surface area contributed by atoms with E-state index >= 15 is 0 Å². The molecule has 29 heavy (non-hydrogen) atoms. The van der Waals surface area contributed by atoms with Crippen molar-refractivity contribution in [3.63, 3.8) is 0 Å². The number of rotatable bonds is 7. The molecule has 0 aliphatic carbocycles. The van der Waals surface area contributed by atoms with Gasteiger partial charge in [0.25, 0.3) is 0 Å². The lowest BCUT2D eigenvalue weighted by Gasteiger charge is -2.18. The maximum absolute atomic E-state index is 5.80. The highest BCUT2D eigenvalue weighted by Gasteiger charge is 2.13. The molecule has 1 heterocycles. The Balaban J connectivity index is 1.77. The molecule has 5 heteroatoms. The van der Waals surface area contributed by atoms with Crippen LogP contribution in [0.4, 0.5) is 0 Å². The van der Waals surface area contributed by atoms with E-state index in [0.29, 0.717) is 36.5 Å². The van der Waals surface area contributed by atoms with Crippen LogP contribution < -0.4 is 9.47 Å². The van der Waals surface area contributed by atoms with Crippen molar-refractivity contribution in [1.82, 2.24) is 10.2 Å². The molecule has 0 unspecified atom stereocenters. The largest absolute Gasteiger partial charge is 0.490 e. The standard InChI is InChI=1S/C24H28N2O3/c1-6-27-20-14-11-18(16-21(20)28-7-2)23-26-25-22(29-23)15-10-17-8-12-19(13-9-17)24(3,4)5/h8-16H,6-7H2,1-5H3/b15-10+. The molecule has 5 nitrogen and oxygen atoms in total. The van der Waals surface area contributed by atoms with Crippen LogP contribution in [-0.4, -0.2) is 23.4 Å². The van der Waals surface area contributed by atoms with Crippen molar-refractivity contribution in [2.24, 2.45) is 0 Å². The lowest BCUT2D eigenvalue weighted by Crippen LogP contribution is -2.10. The van der Waals surface area contributed by atoms with Gasteiger partial charge in [0.2, 0.25) is 11.8 Å². The molecule has 1 aromatic heterocycles. The number of hydrogen-bond donors (Lipinski definition) is 0. The fourth-order valence-electron chi connectivity index (χ4n) is 2.86. The zero-order chi connectivity index (χ0) is 20.9. The van der Waals surface area contributed by atoms with Crippen LogP contribution in [-0.2, 0) is 5.41 Å². The van der Waals surface area contributed by atoms with Crippen LogP contribution in [0.1, 0.15) is 51.6 Å². The van der Waals surface area contributed by atoms with Gasteiger partial charge in [0, 0.05) is 11.6 Å². The molecule has 0 amide bonds. The van der Waals surface area contributed by atoms with Crippen LogP contribution >= 0.6 is 0 Å². The van der Waals surface area contributed by atoms with E-state index in [1.807, 2.05) is 44.2 Å². The van der Waals surface area contributed by atoms with Crippen LogP contribution in [0.3, 0.4) is 0 Å². The second-order valence-corrected chi connectivity index (χ2v) is 7.68. The summed E-state index contributed by atoms with van der Waals surface area (Å²) in [5.74, 6) is 2.26. The summed E-state index contributed by atoms with van der Waals surface area (Å²) in [6, 6.07) is 14.1. The Morgan fingerprint density at radius 1 is 0.862 bits per heavy atom. The minimum absolute atomic E-state index is 0.141. The average Bonchev–Trinajstić information content (AvgIpc) is 3.17. The normalized spacial score (nSPS) is 11.8. The number of hydrogen-bond acceptors (Lipinski definition) is 5. The molecule has 0 atom stereocenters. The van der Waals surface area contributed by atoms with Crippen molar-refractivity contribution in [3.05, 3.63) is 59.5 Å². The fraction of sp³-hybridized carbons (Fsp3) is 0.333. The highest BCUT2D eigenvalue weighted by molar-refractivity contribution is 5.67. The van der Waals surface area contributed by atoms with E-state index in [2.05, 4.69) is 55.2 Å². The van der Waals surface area contributed by atoms with Gasteiger partial charge in [0.1, 0.15) is 0 Å². The Morgan fingerprint density at radius 3 is 2.21 bits per heavy atom. The summed E-state index contributed by atoms with van der Waals surface area (Å²) in [7, 11) is 0. The summed E-state index contributed by atoms with van der Waals surface area (Å²) in [6.45, 7) is 11.6. The molecule has 0 fully saturated rings. The molecule has 0 aliphatic rings. The first-order valence-corrected chi connectivity index (χ1v) is 9.93. The molecule has 0 saturated carbocycles. The Kier molecular flexibility index (Phi) is 6.37. The average molecular weight is 392 g/mol. The molecule has 0 N–H and O–H groups in total. The third kappa shape index (κ3) is 5.25. The predicted molar refractivity (Wildman–Crippen MR) is 116 cm³/mol. The smallest absolute Gasteiger partial charge is 0.248 e. The topological polar surface area (TPSA) is 57.4 Å². The highest BCUT2D eigenvalue weighted by Crippen LogP contribution is 2.32. The second kappa shape index (κ2) is 8.95. The van der Waals surface area contributed by atoms with E-state index in [9.17, 15) is 0 Å². The summed E-state index contributed by atoms with van der Waals surface area (Å²) in [5.41, 5.74) is 3.31. The molecule has 0 radical (unpaired) electrons. The van der Waals surface area contributed by atoms with Gasteiger partial charge in [-0.25, -0.2) is 0 Å². The van der Waals surface area contributed by atoms with E-state index in [1.54, 1.807) is 0 Å². The van der Waals surface area contributed by atoms with Gasteiger partial charge in [0.05, 0.1) is 13.2 Å². The van der Waals surface area contributed by atoms with E-state index in [1.165, 1.54) is 5.56 Å². The first kappa shape index (κ1) is 20.6. The van der Waals surface area contributed by atoms with Gasteiger partial charge in [-0.05, 0) is 54.7 Å². The number of ether oxygens (including phenoxy) is 2. The molecule has 0 aliphatic heterocycles. The Labute approximate surface area is 172 Å². The van der Waals surface area contributed by atoms with Crippen LogP contribution in [0.5, 0.6) is 11.5 Å². The maximum Gasteiger partial charge on any atom is 0.248 e. The second-order valence-electron chi connectivity index (χ2n) is 7.68. The first-order valence-electron chi connectivity index (χ1n) is 9.93. The fourth-order valence-corrected chi connectivity index (χ4v) is 2.86. The molecule has 0 saturated heterocycles. The van der Waals surface area contributed by atoms with Gasteiger partial charge in [-0.3, -0.25) is 0 Å². The summed E-state index contributed by atoms with van der Waals surface area (Å²) in [4.78, 5) is 0. The Morgan fingerprint density at radius 2 is 1.55 bits per heavy atom. The van der Waals surface area contributed by atoms with Gasteiger partial charge < -0.3 is 13.9 Å². The summed E-state index contributed by atoms with van der Waals surface area (Å²) in [5, 5.41) is 8.28. The molecular formula is C24H28N2O3. The van der Waals surface area contributed by atoms with Crippen molar-refractivity contribution in [3.8, 4) is 23.0 Å². The number of aromatic nitrogens is 2. The van der Waals surface area contributed by atoms with Crippen LogP contribution in [0.2, 0.25) is 0 Å². The van der Waals surface area contributed by atoms with E-state index in [0.717, 1.165) is 11.1 Å². The zero-order valence-electron chi connectivity index (χ0n) is 17.7. The molecule has 2 aromatic carbocycles. The van der Waals surface area contributed by atoms with Gasteiger partial charge >= 0.3 is 0 Å². The quantitative estimate of drug-likeness (QED) is 0.493. The minimum atomic E-state index is 0.141. The van der Waals surface area contributed by atoms with E-state index in [4.69, 9.17) is 13.9 Å². The minimum Gasteiger partial charge on any atom is -0.490 e. The van der Waals surface area contributed by atoms with E-state index < -0.39 is 0 Å². The Bertz CT molecular complexity index is 967. The van der Waals surface area contributed by atoms with Crippen LogP contribution in [0, 0.1) is 0 Å². The van der Waals surface area contributed by atoms with Crippen molar-refractivity contribution in [2.75, 3.05) is 13.2 Å². The van der Waals surface area contributed by atoms with Crippen LogP contribution in [0.15, 0.2) is 46.9 Å². The van der Waals surface area contributed by atoms with Crippen molar-refractivity contribution in [1.29, 1.82) is 0 Å². The molecular weight excluding hydrogens is 364 g/mol. The van der Waals surface area contributed by atoms with E-state index in [-0.39, 0.29) is 5.41 Å². The van der Waals surface area contributed by atoms with Gasteiger partial charge in [-0.1, -0.05) is 45.0 Å². The maximum atomic E-state index is 5.80. The summed E-state index contributed by atoms with van der Waals surface area (Å²) < 4.78 is 17.1. The third-order valence-corrected chi connectivity index (χ3v) is 4.43. The zero-order valence-corrected chi connectivity index (χ0v) is 17.7. The Hall–Kier alpha value is -3.08. The summed E-state index contributed by atoms with van der Waals surface area (Å²) >= 11 is 0. The molecule has 3 aromatic rings. The van der Waals surface area contributed by atoms with Gasteiger partial charge in [-0.15, -0.1) is 10.2 Å². The molecule has 0 spiro atoms. The SMILES string of the molecule is CCOc1ccc(-c2nnc(/C=C/c3ccc(C(C)(C)C)cc3)o2)cc1OCC.